The van der Waals surface area contributed by atoms with E-state index in [0.717, 1.165) is 22.8 Å². The number of hydrogen-bond acceptors (Lipinski definition) is 5. The van der Waals surface area contributed by atoms with Gasteiger partial charge in [-0.1, -0.05) is 23.9 Å². The molecule has 0 atom stereocenters. The third-order valence-corrected chi connectivity index (χ3v) is 4.87. The maximum Gasteiger partial charge on any atom is 0.234 e. The highest BCUT2D eigenvalue weighted by Gasteiger charge is 2.11. The average molecular weight is 385 g/mol. The Kier molecular flexibility index (Phi) is 6.08. The molecule has 0 radical (unpaired) electrons. The van der Waals surface area contributed by atoms with E-state index in [1.54, 1.807) is 12.1 Å². The number of aryl methyl sites for hydroxylation is 1. The number of hydrogen-bond donors (Lipinski definition) is 2. The number of nitrogens with zero attached hydrogens (tertiary/aromatic N) is 3. The monoisotopic (exact) mass is 385 g/mol. The van der Waals surface area contributed by atoms with Crippen LogP contribution >= 0.6 is 11.8 Å². The maximum atomic E-state index is 12.9. The molecule has 0 aliphatic carbocycles. The van der Waals surface area contributed by atoms with Crippen LogP contribution in [-0.2, 0) is 18.4 Å². The molecular weight excluding hydrogens is 365 g/mol. The molecule has 2 aromatic carbocycles. The Labute approximate surface area is 161 Å². The lowest BCUT2D eigenvalue weighted by Crippen LogP contribution is -2.14. The molecule has 0 aliphatic rings. The van der Waals surface area contributed by atoms with E-state index in [1.165, 1.54) is 23.9 Å². The summed E-state index contributed by atoms with van der Waals surface area (Å²) in [5.74, 6) is 0.591. The number of rotatable bonds is 7. The third-order valence-electron chi connectivity index (χ3n) is 3.85. The van der Waals surface area contributed by atoms with Gasteiger partial charge in [0.15, 0.2) is 11.0 Å². The molecule has 140 valence electrons. The number of anilines is 2. The van der Waals surface area contributed by atoms with E-state index in [9.17, 15) is 9.18 Å². The zero-order valence-electron chi connectivity index (χ0n) is 15.1. The fourth-order valence-corrected chi connectivity index (χ4v) is 3.15. The number of benzene rings is 2. The molecule has 3 rings (SSSR count). The first-order valence-electron chi connectivity index (χ1n) is 8.38. The molecule has 0 bridgehead atoms. The first-order valence-corrected chi connectivity index (χ1v) is 9.37. The lowest BCUT2D eigenvalue weighted by molar-refractivity contribution is -0.113. The summed E-state index contributed by atoms with van der Waals surface area (Å²) in [6.45, 7) is 2.43. The van der Waals surface area contributed by atoms with E-state index in [-0.39, 0.29) is 17.5 Å². The van der Waals surface area contributed by atoms with Crippen LogP contribution in [0.1, 0.15) is 11.4 Å². The van der Waals surface area contributed by atoms with Crippen LogP contribution in [-0.4, -0.2) is 26.4 Å². The molecule has 0 spiro atoms. The summed E-state index contributed by atoms with van der Waals surface area (Å²) < 4.78 is 14.8. The lowest BCUT2D eigenvalue weighted by atomic mass is 10.2. The van der Waals surface area contributed by atoms with Crippen molar-refractivity contribution in [3.63, 3.8) is 0 Å². The third kappa shape index (κ3) is 5.30. The van der Waals surface area contributed by atoms with E-state index in [1.807, 2.05) is 42.8 Å². The molecule has 0 aliphatic heterocycles. The zero-order chi connectivity index (χ0) is 19.2. The summed E-state index contributed by atoms with van der Waals surface area (Å²) in [6.07, 6.45) is 0. The fourth-order valence-electron chi connectivity index (χ4n) is 2.42. The minimum Gasteiger partial charge on any atom is -0.378 e. The van der Waals surface area contributed by atoms with E-state index >= 15 is 0 Å². The number of carbonyl (C=O) groups is 1. The molecule has 8 heteroatoms. The Morgan fingerprint density at radius 1 is 1.15 bits per heavy atom. The average Bonchev–Trinajstić information content (AvgIpc) is 2.99. The second kappa shape index (κ2) is 8.68. The van der Waals surface area contributed by atoms with Crippen LogP contribution in [0.4, 0.5) is 15.8 Å². The van der Waals surface area contributed by atoms with Crippen LogP contribution in [0, 0.1) is 12.7 Å². The number of nitrogens with one attached hydrogen (secondary N) is 2. The van der Waals surface area contributed by atoms with Gasteiger partial charge in [0.25, 0.3) is 0 Å². The van der Waals surface area contributed by atoms with Crippen LogP contribution in [0.3, 0.4) is 0 Å². The van der Waals surface area contributed by atoms with Crippen LogP contribution in [0.2, 0.25) is 0 Å². The van der Waals surface area contributed by atoms with Gasteiger partial charge < -0.3 is 15.2 Å². The summed E-state index contributed by atoms with van der Waals surface area (Å²) >= 11 is 1.32. The van der Waals surface area contributed by atoms with Crippen molar-refractivity contribution in [3.8, 4) is 0 Å². The number of thioether (sulfide) groups is 1. The summed E-state index contributed by atoms with van der Waals surface area (Å²) in [7, 11) is 1.85. The van der Waals surface area contributed by atoms with Crippen molar-refractivity contribution in [3.05, 3.63) is 65.7 Å². The molecule has 6 nitrogen and oxygen atoms in total. The quantitative estimate of drug-likeness (QED) is 0.608. The summed E-state index contributed by atoms with van der Waals surface area (Å²) in [6, 6.07) is 13.8. The standard InChI is InChI=1S/C19H20FN5OS/c1-13-4-3-5-16(10-13)22-18(26)12-27-19-24-23-17(25(19)2)11-21-15-8-6-14(20)7-9-15/h3-10,21H,11-12H2,1-2H3,(H,22,26). The second-order valence-corrected chi connectivity index (χ2v) is 6.97. The largest absolute Gasteiger partial charge is 0.378 e. The van der Waals surface area contributed by atoms with E-state index < -0.39 is 0 Å². The van der Waals surface area contributed by atoms with Crippen molar-refractivity contribution in [2.75, 3.05) is 16.4 Å². The predicted octanol–water partition coefficient (Wildman–Crippen LogP) is 3.61. The van der Waals surface area contributed by atoms with E-state index in [2.05, 4.69) is 20.8 Å². The van der Waals surface area contributed by atoms with Crippen molar-refractivity contribution in [1.82, 2.24) is 14.8 Å². The van der Waals surface area contributed by atoms with Crippen molar-refractivity contribution in [1.29, 1.82) is 0 Å². The van der Waals surface area contributed by atoms with Crippen LogP contribution in [0.25, 0.3) is 0 Å². The van der Waals surface area contributed by atoms with Gasteiger partial charge in [0.1, 0.15) is 5.82 Å². The van der Waals surface area contributed by atoms with Gasteiger partial charge >= 0.3 is 0 Å². The van der Waals surface area contributed by atoms with Gasteiger partial charge in [-0.3, -0.25) is 4.79 Å². The van der Waals surface area contributed by atoms with Crippen molar-refractivity contribution in [2.45, 2.75) is 18.6 Å². The smallest absolute Gasteiger partial charge is 0.234 e. The molecule has 1 aromatic heterocycles. The number of carbonyl (C=O) groups excluding carboxylic acids is 1. The topological polar surface area (TPSA) is 71.8 Å². The first kappa shape index (κ1) is 18.9. The Morgan fingerprint density at radius 2 is 1.93 bits per heavy atom. The Hall–Kier alpha value is -2.87. The summed E-state index contributed by atoms with van der Waals surface area (Å²) in [5, 5.41) is 15.0. The Morgan fingerprint density at radius 3 is 2.67 bits per heavy atom. The zero-order valence-corrected chi connectivity index (χ0v) is 15.9. The SMILES string of the molecule is Cc1cccc(NC(=O)CSc2nnc(CNc3ccc(F)cc3)n2C)c1. The molecule has 0 fully saturated rings. The number of amides is 1. The molecule has 2 N–H and O–H groups in total. The molecule has 0 unspecified atom stereocenters. The predicted molar refractivity (Wildman–Crippen MR) is 105 cm³/mol. The summed E-state index contributed by atoms with van der Waals surface area (Å²) in [5.41, 5.74) is 2.67. The van der Waals surface area contributed by atoms with E-state index in [4.69, 9.17) is 0 Å². The van der Waals surface area contributed by atoms with E-state index in [0.29, 0.717) is 11.7 Å². The fraction of sp³-hybridized carbons (Fsp3) is 0.211. The second-order valence-electron chi connectivity index (χ2n) is 6.02. The minimum absolute atomic E-state index is 0.0976. The molecule has 0 saturated carbocycles. The van der Waals surface area contributed by atoms with Gasteiger partial charge in [-0.15, -0.1) is 10.2 Å². The normalized spacial score (nSPS) is 10.6. The van der Waals surface area contributed by atoms with Crippen molar-refractivity contribution >= 4 is 29.0 Å². The Balaban J connectivity index is 1.52. The lowest BCUT2D eigenvalue weighted by Gasteiger charge is -2.07. The molecule has 0 saturated heterocycles. The van der Waals surface area contributed by atoms with Gasteiger partial charge in [-0.2, -0.15) is 0 Å². The van der Waals surface area contributed by atoms with Gasteiger partial charge in [-0.05, 0) is 48.9 Å². The maximum absolute atomic E-state index is 12.9. The molecule has 27 heavy (non-hydrogen) atoms. The minimum atomic E-state index is -0.276. The van der Waals surface area contributed by atoms with Gasteiger partial charge in [-0.25, -0.2) is 4.39 Å². The molecule has 3 aromatic rings. The van der Waals surface area contributed by atoms with Crippen molar-refractivity contribution in [2.24, 2.45) is 7.05 Å². The summed E-state index contributed by atoms with van der Waals surface area (Å²) in [4.78, 5) is 12.1. The van der Waals surface area contributed by atoms with Gasteiger partial charge in [0.2, 0.25) is 5.91 Å². The highest BCUT2D eigenvalue weighted by atomic mass is 32.2. The highest BCUT2D eigenvalue weighted by Crippen LogP contribution is 2.18. The Bertz CT molecular complexity index is 926. The van der Waals surface area contributed by atoms with Gasteiger partial charge in [0, 0.05) is 18.4 Å². The van der Waals surface area contributed by atoms with Crippen LogP contribution in [0.15, 0.2) is 53.7 Å². The molecule has 1 amide bonds. The van der Waals surface area contributed by atoms with Gasteiger partial charge in [0.05, 0.1) is 12.3 Å². The van der Waals surface area contributed by atoms with Crippen LogP contribution in [0.5, 0.6) is 0 Å². The first-order chi connectivity index (χ1) is 13.0. The highest BCUT2D eigenvalue weighted by molar-refractivity contribution is 7.99. The molecule has 1 heterocycles. The molecular formula is C19H20FN5OS. The number of halogens is 1. The number of aromatic nitrogens is 3. The van der Waals surface area contributed by atoms with Crippen LogP contribution < -0.4 is 10.6 Å². The van der Waals surface area contributed by atoms with Crippen molar-refractivity contribution < 1.29 is 9.18 Å².